The molecule has 2 heterocycles. The summed E-state index contributed by atoms with van der Waals surface area (Å²) in [6.45, 7) is 2.95. The lowest BCUT2D eigenvalue weighted by atomic mass is 10.0. The van der Waals surface area contributed by atoms with Crippen molar-refractivity contribution in [1.82, 2.24) is 4.98 Å². The number of hydrogen-bond acceptors (Lipinski definition) is 2. The topological polar surface area (TPSA) is 22.1 Å². The van der Waals surface area contributed by atoms with Crippen molar-refractivity contribution in [2.24, 2.45) is 0 Å². The first-order chi connectivity index (χ1) is 5.86. The molecular weight excluding hydrogens is 150 g/mol. The third-order valence-electron chi connectivity index (χ3n) is 2.30. The average molecular weight is 163 g/mol. The van der Waals surface area contributed by atoms with Gasteiger partial charge in [-0.05, 0) is 25.5 Å². The predicted molar refractivity (Wildman–Crippen MR) is 47.0 cm³/mol. The molecule has 2 unspecified atom stereocenters. The Balaban J connectivity index is 2.11. The molecule has 2 atom stereocenters. The highest BCUT2D eigenvalue weighted by Gasteiger charge is 2.23. The van der Waals surface area contributed by atoms with Crippen molar-refractivity contribution in [3.63, 3.8) is 0 Å². The highest BCUT2D eigenvalue weighted by Crippen LogP contribution is 2.27. The van der Waals surface area contributed by atoms with Gasteiger partial charge in [-0.2, -0.15) is 0 Å². The summed E-state index contributed by atoms with van der Waals surface area (Å²) in [4.78, 5) is 4.32. The van der Waals surface area contributed by atoms with Crippen LogP contribution in [-0.4, -0.2) is 17.7 Å². The first-order valence-electron chi connectivity index (χ1n) is 4.39. The second-order valence-corrected chi connectivity index (χ2v) is 3.33. The van der Waals surface area contributed by atoms with E-state index in [2.05, 4.69) is 18.0 Å². The fourth-order valence-corrected chi connectivity index (χ4v) is 1.64. The van der Waals surface area contributed by atoms with Crippen LogP contribution >= 0.6 is 0 Å². The van der Waals surface area contributed by atoms with Crippen LogP contribution in [0.2, 0.25) is 0 Å². The van der Waals surface area contributed by atoms with Crippen LogP contribution < -0.4 is 0 Å². The Kier molecular flexibility index (Phi) is 2.09. The molecule has 0 bridgehead atoms. The zero-order valence-corrected chi connectivity index (χ0v) is 7.23. The van der Waals surface area contributed by atoms with Crippen molar-refractivity contribution in [3.8, 4) is 0 Å². The average Bonchev–Trinajstić information content (AvgIpc) is 2.54. The second-order valence-electron chi connectivity index (χ2n) is 3.33. The minimum Gasteiger partial charge on any atom is -0.378 e. The Morgan fingerprint density at radius 2 is 2.42 bits per heavy atom. The zero-order valence-electron chi connectivity index (χ0n) is 7.23. The van der Waals surface area contributed by atoms with Crippen LogP contribution in [0.25, 0.3) is 0 Å². The van der Waals surface area contributed by atoms with Gasteiger partial charge in [0.15, 0.2) is 0 Å². The molecule has 0 aromatic carbocycles. The van der Waals surface area contributed by atoms with E-state index >= 15 is 0 Å². The third kappa shape index (κ3) is 1.48. The van der Waals surface area contributed by atoms with Gasteiger partial charge in [-0.3, -0.25) is 4.98 Å². The lowest BCUT2D eigenvalue weighted by Gasteiger charge is -2.04. The standard InChI is InChI=1S/C10H13NO/c1-8-6-9(7-12-8)10-4-2-3-5-11-10/h2-5,8-9H,6-7H2,1H3. The largest absolute Gasteiger partial charge is 0.378 e. The summed E-state index contributed by atoms with van der Waals surface area (Å²) in [5.41, 5.74) is 1.17. The number of aromatic nitrogens is 1. The summed E-state index contributed by atoms with van der Waals surface area (Å²) < 4.78 is 5.48. The van der Waals surface area contributed by atoms with Crippen LogP contribution in [0, 0.1) is 0 Å². The van der Waals surface area contributed by atoms with Gasteiger partial charge in [0.2, 0.25) is 0 Å². The van der Waals surface area contributed by atoms with Crippen LogP contribution in [0.4, 0.5) is 0 Å². The molecule has 2 rings (SSSR count). The van der Waals surface area contributed by atoms with Gasteiger partial charge in [0.25, 0.3) is 0 Å². The van der Waals surface area contributed by atoms with Gasteiger partial charge < -0.3 is 4.74 Å². The molecule has 0 amide bonds. The van der Waals surface area contributed by atoms with Gasteiger partial charge in [0, 0.05) is 17.8 Å². The van der Waals surface area contributed by atoms with Crippen molar-refractivity contribution in [1.29, 1.82) is 0 Å². The van der Waals surface area contributed by atoms with Gasteiger partial charge >= 0.3 is 0 Å². The summed E-state index contributed by atoms with van der Waals surface area (Å²) in [5.74, 6) is 0.515. The third-order valence-corrected chi connectivity index (χ3v) is 2.30. The van der Waals surface area contributed by atoms with Crippen molar-refractivity contribution in [2.45, 2.75) is 25.4 Å². The van der Waals surface area contributed by atoms with Crippen molar-refractivity contribution in [3.05, 3.63) is 30.1 Å². The van der Waals surface area contributed by atoms with Crippen molar-refractivity contribution < 1.29 is 4.74 Å². The summed E-state index contributed by atoms with van der Waals surface area (Å²) in [6.07, 6.45) is 3.35. The first kappa shape index (κ1) is 7.74. The predicted octanol–water partition coefficient (Wildman–Crippen LogP) is 1.97. The van der Waals surface area contributed by atoms with Gasteiger partial charge in [0.1, 0.15) is 0 Å². The van der Waals surface area contributed by atoms with Crippen LogP contribution in [0.5, 0.6) is 0 Å². The van der Waals surface area contributed by atoms with Gasteiger partial charge in [-0.1, -0.05) is 6.07 Å². The van der Waals surface area contributed by atoms with E-state index in [1.54, 1.807) is 0 Å². The Morgan fingerprint density at radius 1 is 1.50 bits per heavy atom. The molecule has 2 heteroatoms. The van der Waals surface area contributed by atoms with E-state index < -0.39 is 0 Å². The molecule has 64 valence electrons. The minimum absolute atomic E-state index is 0.400. The number of ether oxygens (including phenoxy) is 1. The molecule has 1 aromatic heterocycles. The maximum Gasteiger partial charge on any atom is 0.0554 e. The van der Waals surface area contributed by atoms with E-state index in [0.717, 1.165) is 13.0 Å². The van der Waals surface area contributed by atoms with E-state index in [-0.39, 0.29) is 0 Å². The van der Waals surface area contributed by atoms with Crippen LogP contribution in [-0.2, 0) is 4.74 Å². The molecule has 1 fully saturated rings. The molecule has 2 nitrogen and oxygen atoms in total. The molecule has 0 aliphatic carbocycles. The Morgan fingerprint density at radius 3 is 3.00 bits per heavy atom. The molecule has 0 spiro atoms. The molecule has 1 aliphatic rings. The highest BCUT2D eigenvalue weighted by molar-refractivity contribution is 5.10. The monoisotopic (exact) mass is 163 g/mol. The SMILES string of the molecule is CC1CC(c2ccccn2)CO1. The van der Waals surface area contributed by atoms with Gasteiger partial charge in [-0.25, -0.2) is 0 Å². The van der Waals surface area contributed by atoms with Crippen molar-refractivity contribution >= 4 is 0 Å². The number of nitrogens with zero attached hydrogens (tertiary/aromatic N) is 1. The summed E-state index contributed by atoms with van der Waals surface area (Å²) in [5, 5.41) is 0. The summed E-state index contributed by atoms with van der Waals surface area (Å²) >= 11 is 0. The smallest absolute Gasteiger partial charge is 0.0554 e. The fourth-order valence-electron chi connectivity index (χ4n) is 1.64. The Labute approximate surface area is 72.6 Å². The number of pyridine rings is 1. The molecule has 1 saturated heterocycles. The molecule has 12 heavy (non-hydrogen) atoms. The molecule has 0 radical (unpaired) electrons. The number of rotatable bonds is 1. The zero-order chi connectivity index (χ0) is 8.39. The van der Waals surface area contributed by atoms with E-state index in [4.69, 9.17) is 4.74 Å². The summed E-state index contributed by atoms with van der Waals surface area (Å²) in [6, 6.07) is 6.06. The van der Waals surface area contributed by atoms with Crippen molar-refractivity contribution in [2.75, 3.05) is 6.61 Å². The minimum atomic E-state index is 0.400. The Hall–Kier alpha value is -0.890. The summed E-state index contributed by atoms with van der Waals surface area (Å²) in [7, 11) is 0. The fraction of sp³-hybridized carbons (Fsp3) is 0.500. The highest BCUT2D eigenvalue weighted by atomic mass is 16.5. The van der Waals surface area contributed by atoms with E-state index in [1.165, 1.54) is 5.69 Å². The second kappa shape index (κ2) is 3.23. The Bertz CT molecular complexity index is 247. The van der Waals surface area contributed by atoms with Crippen LogP contribution in [0.1, 0.15) is 25.0 Å². The first-order valence-corrected chi connectivity index (χ1v) is 4.39. The van der Waals surface area contributed by atoms with Gasteiger partial charge in [-0.15, -0.1) is 0 Å². The molecule has 0 saturated carbocycles. The lowest BCUT2D eigenvalue weighted by molar-refractivity contribution is 0.123. The molecule has 0 N–H and O–H groups in total. The van der Waals surface area contributed by atoms with Crippen LogP contribution in [0.15, 0.2) is 24.4 Å². The molecular formula is C10H13NO. The maximum atomic E-state index is 5.48. The lowest BCUT2D eigenvalue weighted by Crippen LogP contribution is -1.99. The quantitative estimate of drug-likeness (QED) is 0.631. The van der Waals surface area contributed by atoms with E-state index in [9.17, 15) is 0 Å². The molecule has 1 aromatic rings. The normalized spacial score (nSPS) is 29.1. The number of hydrogen-bond donors (Lipinski definition) is 0. The maximum absolute atomic E-state index is 5.48. The van der Waals surface area contributed by atoms with E-state index in [1.807, 2.05) is 18.3 Å². The van der Waals surface area contributed by atoms with E-state index in [0.29, 0.717) is 12.0 Å². The molecule has 1 aliphatic heterocycles. The van der Waals surface area contributed by atoms with Gasteiger partial charge in [0.05, 0.1) is 12.7 Å². The van der Waals surface area contributed by atoms with Crippen LogP contribution in [0.3, 0.4) is 0 Å².